The normalized spacial score (nSPS) is 14.2. The number of amides is 2. The van der Waals surface area contributed by atoms with Crippen LogP contribution in [0.5, 0.6) is 0 Å². The number of rotatable bonds is 6. The molecule has 1 aromatic rings. The first-order valence-corrected chi connectivity index (χ1v) is 7.58. The highest BCUT2D eigenvalue weighted by molar-refractivity contribution is 6.03. The van der Waals surface area contributed by atoms with E-state index in [0.717, 1.165) is 12.8 Å². The summed E-state index contributed by atoms with van der Waals surface area (Å²) in [6.45, 7) is 0.811. The van der Waals surface area contributed by atoms with Gasteiger partial charge in [0.2, 0.25) is 5.91 Å². The van der Waals surface area contributed by atoms with Gasteiger partial charge in [0.25, 0.3) is 5.91 Å². The van der Waals surface area contributed by atoms with E-state index in [1.807, 2.05) is 6.07 Å². The van der Waals surface area contributed by atoms with Gasteiger partial charge < -0.3 is 16.4 Å². The standard InChI is InChI=1S/C16H23N3O2.ClH/c17-9-10-18-16(21)13-7-3-4-8-14(13)19-15(20)11-12-5-1-2-6-12;/h3-4,7-8,12H,1-2,5-6,9-11,17H2,(H,18,21)(H,19,20);1H. The van der Waals surface area contributed by atoms with Crippen molar-refractivity contribution >= 4 is 29.9 Å². The molecule has 6 heteroatoms. The topological polar surface area (TPSA) is 84.2 Å². The van der Waals surface area contributed by atoms with E-state index >= 15 is 0 Å². The van der Waals surface area contributed by atoms with Gasteiger partial charge in [0, 0.05) is 19.5 Å². The Labute approximate surface area is 137 Å². The van der Waals surface area contributed by atoms with Crippen LogP contribution in [-0.4, -0.2) is 24.9 Å². The van der Waals surface area contributed by atoms with Crippen molar-refractivity contribution in [1.29, 1.82) is 0 Å². The van der Waals surface area contributed by atoms with Crippen molar-refractivity contribution in [2.24, 2.45) is 11.7 Å². The first kappa shape index (κ1) is 18.5. The molecular formula is C16H24ClN3O2. The average Bonchev–Trinajstić information content (AvgIpc) is 2.98. The van der Waals surface area contributed by atoms with Crippen molar-refractivity contribution in [3.63, 3.8) is 0 Å². The molecule has 0 aromatic heterocycles. The van der Waals surface area contributed by atoms with Crippen molar-refractivity contribution in [2.75, 3.05) is 18.4 Å². The largest absolute Gasteiger partial charge is 0.351 e. The monoisotopic (exact) mass is 325 g/mol. The van der Waals surface area contributed by atoms with Crippen LogP contribution < -0.4 is 16.4 Å². The first-order valence-electron chi connectivity index (χ1n) is 7.58. The molecule has 1 aliphatic carbocycles. The SMILES string of the molecule is Cl.NCCNC(=O)c1ccccc1NC(=O)CC1CCCC1. The molecule has 1 aromatic carbocycles. The van der Waals surface area contributed by atoms with Crippen LogP contribution >= 0.6 is 12.4 Å². The highest BCUT2D eigenvalue weighted by Crippen LogP contribution is 2.28. The van der Waals surface area contributed by atoms with Crippen LogP contribution in [0.4, 0.5) is 5.69 Å². The summed E-state index contributed by atoms with van der Waals surface area (Å²) in [6, 6.07) is 7.05. The van der Waals surface area contributed by atoms with Crippen LogP contribution in [0.2, 0.25) is 0 Å². The summed E-state index contributed by atoms with van der Waals surface area (Å²) >= 11 is 0. The minimum Gasteiger partial charge on any atom is -0.351 e. The maximum Gasteiger partial charge on any atom is 0.253 e. The zero-order valence-electron chi connectivity index (χ0n) is 12.6. The van der Waals surface area contributed by atoms with Crippen LogP contribution in [0.25, 0.3) is 0 Å². The average molecular weight is 326 g/mol. The van der Waals surface area contributed by atoms with Gasteiger partial charge in [-0.05, 0) is 30.9 Å². The molecule has 1 saturated carbocycles. The molecule has 2 rings (SSSR count). The van der Waals surface area contributed by atoms with Crippen LogP contribution in [0, 0.1) is 5.92 Å². The summed E-state index contributed by atoms with van der Waals surface area (Å²) in [5.41, 5.74) is 6.42. The Hall–Kier alpha value is -1.59. The summed E-state index contributed by atoms with van der Waals surface area (Å²) in [6.07, 6.45) is 5.24. The molecule has 1 fully saturated rings. The number of nitrogens with two attached hydrogens (primary N) is 1. The number of benzene rings is 1. The summed E-state index contributed by atoms with van der Waals surface area (Å²) in [4.78, 5) is 24.1. The highest BCUT2D eigenvalue weighted by atomic mass is 35.5. The van der Waals surface area contributed by atoms with E-state index in [-0.39, 0.29) is 24.2 Å². The van der Waals surface area contributed by atoms with Gasteiger partial charge in [-0.2, -0.15) is 0 Å². The Balaban J connectivity index is 0.00000242. The molecule has 0 atom stereocenters. The quantitative estimate of drug-likeness (QED) is 0.750. The second-order valence-corrected chi connectivity index (χ2v) is 5.49. The van der Waals surface area contributed by atoms with Crippen LogP contribution in [0.3, 0.4) is 0 Å². The third kappa shape index (κ3) is 5.31. The van der Waals surface area contributed by atoms with E-state index in [4.69, 9.17) is 5.73 Å². The second kappa shape index (κ2) is 9.43. The Morgan fingerprint density at radius 3 is 2.55 bits per heavy atom. The molecule has 122 valence electrons. The van der Waals surface area contributed by atoms with E-state index < -0.39 is 0 Å². The van der Waals surface area contributed by atoms with Crippen molar-refractivity contribution in [3.05, 3.63) is 29.8 Å². The zero-order valence-corrected chi connectivity index (χ0v) is 13.5. The first-order chi connectivity index (χ1) is 10.2. The fourth-order valence-electron chi connectivity index (χ4n) is 2.75. The lowest BCUT2D eigenvalue weighted by Gasteiger charge is -2.13. The fraction of sp³-hybridized carbons (Fsp3) is 0.500. The van der Waals surface area contributed by atoms with E-state index in [9.17, 15) is 9.59 Å². The number of hydrogen-bond acceptors (Lipinski definition) is 3. The summed E-state index contributed by atoms with van der Waals surface area (Å²) in [5.74, 6) is 0.265. The van der Waals surface area contributed by atoms with Crippen molar-refractivity contribution in [1.82, 2.24) is 5.32 Å². The van der Waals surface area contributed by atoms with E-state index in [1.165, 1.54) is 12.8 Å². The van der Waals surface area contributed by atoms with Crippen molar-refractivity contribution in [2.45, 2.75) is 32.1 Å². The van der Waals surface area contributed by atoms with E-state index in [1.54, 1.807) is 18.2 Å². The molecule has 0 saturated heterocycles. The Morgan fingerprint density at radius 2 is 1.86 bits per heavy atom. The van der Waals surface area contributed by atoms with Gasteiger partial charge in [-0.15, -0.1) is 12.4 Å². The van der Waals surface area contributed by atoms with Crippen LogP contribution in [0.1, 0.15) is 42.5 Å². The zero-order chi connectivity index (χ0) is 15.1. The molecule has 0 radical (unpaired) electrons. The number of carbonyl (C=O) groups is 2. The number of para-hydroxylation sites is 1. The molecule has 4 N–H and O–H groups in total. The van der Waals surface area contributed by atoms with Gasteiger partial charge in [-0.25, -0.2) is 0 Å². The van der Waals surface area contributed by atoms with Gasteiger partial charge in [0.15, 0.2) is 0 Å². The summed E-state index contributed by atoms with van der Waals surface area (Å²) < 4.78 is 0. The summed E-state index contributed by atoms with van der Waals surface area (Å²) in [7, 11) is 0. The maximum absolute atomic E-state index is 12.1. The van der Waals surface area contributed by atoms with E-state index in [0.29, 0.717) is 36.7 Å². The van der Waals surface area contributed by atoms with Gasteiger partial charge in [-0.3, -0.25) is 9.59 Å². The predicted molar refractivity (Wildman–Crippen MR) is 90.3 cm³/mol. The molecule has 0 spiro atoms. The molecule has 0 unspecified atom stereocenters. The summed E-state index contributed by atoms with van der Waals surface area (Å²) in [5, 5.41) is 5.58. The predicted octanol–water partition coefficient (Wildman–Crippen LogP) is 2.32. The maximum atomic E-state index is 12.1. The minimum atomic E-state index is -0.211. The molecule has 2 amide bonds. The molecule has 0 aliphatic heterocycles. The number of anilines is 1. The molecule has 22 heavy (non-hydrogen) atoms. The Kier molecular flexibility index (Phi) is 7.91. The Morgan fingerprint density at radius 1 is 1.18 bits per heavy atom. The number of nitrogens with one attached hydrogen (secondary N) is 2. The molecule has 1 aliphatic rings. The minimum absolute atomic E-state index is 0. The lowest BCUT2D eigenvalue weighted by Crippen LogP contribution is -2.30. The van der Waals surface area contributed by atoms with Crippen molar-refractivity contribution < 1.29 is 9.59 Å². The van der Waals surface area contributed by atoms with Gasteiger partial charge >= 0.3 is 0 Å². The van der Waals surface area contributed by atoms with Gasteiger partial charge in [0.1, 0.15) is 0 Å². The van der Waals surface area contributed by atoms with Gasteiger partial charge in [-0.1, -0.05) is 25.0 Å². The van der Waals surface area contributed by atoms with Crippen molar-refractivity contribution in [3.8, 4) is 0 Å². The number of halogens is 1. The molecule has 0 bridgehead atoms. The highest BCUT2D eigenvalue weighted by Gasteiger charge is 2.19. The lowest BCUT2D eigenvalue weighted by molar-refractivity contribution is -0.117. The Bertz CT molecular complexity index is 502. The fourth-order valence-corrected chi connectivity index (χ4v) is 2.75. The third-order valence-electron chi connectivity index (χ3n) is 3.82. The van der Waals surface area contributed by atoms with E-state index in [2.05, 4.69) is 10.6 Å². The van der Waals surface area contributed by atoms with Crippen LogP contribution in [-0.2, 0) is 4.79 Å². The van der Waals surface area contributed by atoms with Gasteiger partial charge in [0.05, 0.1) is 11.3 Å². The molecular weight excluding hydrogens is 302 g/mol. The molecule has 5 nitrogen and oxygen atoms in total. The number of carbonyl (C=O) groups excluding carboxylic acids is 2. The lowest BCUT2D eigenvalue weighted by atomic mass is 10.0. The number of hydrogen-bond donors (Lipinski definition) is 3. The molecule has 0 heterocycles. The third-order valence-corrected chi connectivity index (χ3v) is 3.82. The second-order valence-electron chi connectivity index (χ2n) is 5.49. The smallest absolute Gasteiger partial charge is 0.253 e. The van der Waals surface area contributed by atoms with Crippen LogP contribution in [0.15, 0.2) is 24.3 Å².